The van der Waals surface area contributed by atoms with Crippen LogP contribution in [0.2, 0.25) is 0 Å². The summed E-state index contributed by atoms with van der Waals surface area (Å²) >= 11 is 0. The molecule has 0 fully saturated rings. The Morgan fingerprint density at radius 2 is 2.27 bits per heavy atom. The molecule has 1 aromatic rings. The number of hydrogen-bond donors (Lipinski definition) is 2. The monoisotopic (exact) mass is 146 g/mol. The fourth-order valence-corrected chi connectivity index (χ4v) is 1.23. The van der Waals surface area contributed by atoms with E-state index in [1.54, 1.807) is 0 Å². The quantitative estimate of drug-likeness (QED) is 0.547. The Bertz CT molecular complexity index is 302. The number of benzene rings is 1. The molecule has 0 spiro atoms. The van der Waals surface area contributed by atoms with Gasteiger partial charge in [0, 0.05) is 17.9 Å². The summed E-state index contributed by atoms with van der Waals surface area (Å²) in [6, 6.07) is 5.89. The Labute approximate surface area is 65.7 Å². The van der Waals surface area contributed by atoms with Crippen molar-refractivity contribution in [2.24, 2.45) is 0 Å². The topological polar surface area (TPSA) is 38.0 Å². The Morgan fingerprint density at radius 1 is 1.36 bits per heavy atom. The van der Waals surface area contributed by atoms with Gasteiger partial charge in [-0.05, 0) is 23.8 Å². The lowest BCUT2D eigenvalue weighted by Gasteiger charge is -2.12. The van der Waals surface area contributed by atoms with Crippen LogP contribution in [0.3, 0.4) is 0 Å². The van der Waals surface area contributed by atoms with E-state index in [2.05, 4.69) is 17.5 Å². The maximum Gasteiger partial charge on any atom is 0.0417 e. The average Bonchev–Trinajstić information content (AvgIpc) is 2.04. The highest BCUT2D eigenvalue weighted by Gasteiger charge is 2.01. The average molecular weight is 146 g/mol. The minimum absolute atomic E-state index is 0.817. The van der Waals surface area contributed by atoms with Crippen molar-refractivity contribution in [1.29, 1.82) is 0 Å². The van der Waals surface area contributed by atoms with Gasteiger partial charge < -0.3 is 11.1 Å². The molecule has 0 amide bonds. The van der Waals surface area contributed by atoms with Crippen molar-refractivity contribution in [2.75, 3.05) is 17.6 Å². The summed E-state index contributed by atoms with van der Waals surface area (Å²) in [7, 11) is 0. The highest BCUT2D eigenvalue weighted by Crippen LogP contribution is 2.22. The molecule has 0 saturated heterocycles. The zero-order valence-corrected chi connectivity index (χ0v) is 6.17. The first-order valence-corrected chi connectivity index (χ1v) is 3.66. The molecule has 2 heteroatoms. The molecule has 2 nitrogen and oxygen atoms in total. The van der Waals surface area contributed by atoms with E-state index in [-0.39, 0.29) is 0 Å². The molecule has 1 aliphatic rings. The molecule has 0 unspecified atom stereocenters. The molecule has 11 heavy (non-hydrogen) atoms. The molecule has 1 aromatic carbocycles. The molecule has 0 atom stereocenters. The second-order valence-corrected chi connectivity index (χ2v) is 2.63. The van der Waals surface area contributed by atoms with E-state index in [9.17, 15) is 0 Å². The third kappa shape index (κ3) is 1.07. The van der Waals surface area contributed by atoms with Gasteiger partial charge in [0.2, 0.25) is 0 Å². The largest absolute Gasteiger partial charge is 0.399 e. The van der Waals surface area contributed by atoms with E-state index in [1.807, 2.05) is 18.2 Å². The van der Waals surface area contributed by atoms with Crippen LogP contribution >= 0.6 is 0 Å². The van der Waals surface area contributed by atoms with Gasteiger partial charge in [0.15, 0.2) is 0 Å². The van der Waals surface area contributed by atoms with Crippen LogP contribution in [0.15, 0.2) is 24.3 Å². The Balaban J connectivity index is 2.54. The molecule has 3 N–H and O–H groups in total. The Morgan fingerprint density at radius 3 is 3.18 bits per heavy atom. The first kappa shape index (κ1) is 6.28. The van der Waals surface area contributed by atoms with Crippen LogP contribution in [0.25, 0.3) is 6.08 Å². The van der Waals surface area contributed by atoms with Crippen LogP contribution in [-0.2, 0) is 0 Å². The van der Waals surface area contributed by atoms with Gasteiger partial charge in [-0.25, -0.2) is 0 Å². The van der Waals surface area contributed by atoms with Crippen molar-refractivity contribution in [3.8, 4) is 0 Å². The minimum Gasteiger partial charge on any atom is -0.399 e. The van der Waals surface area contributed by atoms with E-state index < -0.39 is 0 Å². The highest BCUT2D eigenvalue weighted by molar-refractivity contribution is 5.72. The lowest BCUT2D eigenvalue weighted by molar-refractivity contribution is 1.31. The highest BCUT2D eigenvalue weighted by atomic mass is 14.9. The summed E-state index contributed by atoms with van der Waals surface area (Å²) in [5.74, 6) is 0. The molecule has 0 bridgehead atoms. The van der Waals surface area contributed by atoms with Gasteiger partial charge >= 0.3 is 0 Å². The van der Waals surface area contributed by atoms with Gasteiger partial charge in [0.1, 0.15) is 0 Å². The predicted molar refractivity (Wildman–Crippen MR) is 48.4 cm³/mol. The summed E-state index contributed by atoms with van der Waals surface area (Å²) in [6.45, 7) is 0.914. The predicted octanol–water partition coefficient (Wildman–Crippen LogP) is 1.71. The van der Waals surface area contributed by atoms with Crippen molar-refractivity contribution in [3.63, 3.8) is 0 Å². The third-order valence-corrected chi connectivity index (χ3v) is 1.78. The molecule has 0 aromatic heterocycles. The first-order valence-electron chi connectivity index (χ1n) is 3.66. The summed E-state index contributed by atoms with van der Waals surface area (Å²) in [5.41, 5.74) is 8.78. The van der Waals surface area contributed by atoms with Crippen molar-refractivity contribution < 1.29 is 0 Å². The summed E-state index contributed by atoms with van der Waals surface area (Å²) in [6.07, 6.45) is 4.17. The summed E-state index contributed by atoms with van der Waals surface area (Å²) in [4.78, 5) is 0. The van der Waals surface area contributed by atoms with Gasteiger partial charge in [0.05, 0.1) is 0 Å². The van der Waals surface area contributed by atoms with E-state index in [4.69, 9.17) is 5.73 Å². The van der Waals surface area contributed by atoms with Gasteiger partial charge in [-0.1, -0.05) is 12.2 Å². The number of hydrogen-bond acceptors (Lipinski definition) is 2. The smallest absolute Gasteiger partial charge is 0.0417 e. The van der Waals surface area contributed by atoms with Gasteiger partial charge in [-0.2, -0.15) is 0 Å². The zero-order valence-electron chi connectivity index (χ0n) is 6.17. The van der Waals surface area contributed by atoms with E-state index >= 15 is 0 Å². The number of nitrogens with two attached hydrogens (primary N) is 1. The number of rotatable bonds is 0. The fourth-order valence-electron chi connectivity index (χ4n) is 1.23. The lowest BCUT2D eigenvalue weighted by Crippen LogP contribution is -2.04. The minimum atomic E-state index is 0.817. The molecule has 56 valence electrons. The van der Waals surface area contributed by atoms with Crippen LogP contribution in [0.5, 0.6) is 0 Å². The number of fused-ring (bicyclic) bond motifs is 1. The third-order valence-electron chi connectivity index (χ3n) is 1.78. The van der Waals surface area contributed by atoms with E-state index in [0.29, 0.717) is 0 Å². The van der Waals surface area contributed by atoms with E-state index in [1.165, 1.54) is 11.3 Å². The molecular formula is C9H10N2. The maximum absolute atomic E-state index is 5.62. The maximum atomic E-state index is 5.62. The molecule has 1 aliphatic heterocycles. The molecule has 0 radical (unpaired) electrons. The fraction of sp³-hybridized carbons (Fsp3) is 0.111. The Kier molecular flexibility index (Phi) is 1.32. The second-order valence-electron chi connectivity index (χ2n) is 2.63. The van der Waals surface area contributed by atoms with Gasteiger partial charge in [-0.3, -0.25) is 0 Å². The van der Waals surface area contributed by atoms with Gasteiger partial charge in [0.25, 0.3) is 0 Å². The first-order chi connectivity index (χ1) is 5.36. The van der Waals surface area contributed by atoms with Crippen LogP contribution in [0.1, 0.15) is 5.56 Å². The molecule has 0 aliphatic carbocycles. The normalized spacial score (nSPS) is 13.8. The van der Waals surface area contributed by atoms with Crippen molar-refractivity contribution in [3.05, 3.63) is 29.8 Å². The van der Waals surface area contributed by atoms with Crippen molar-refractivity contribution in [1.82, 2.24) is 0 Å². The van der Waals surface area contributed by atoms with E-state index in [0.717, 1.165) is 12.2 Å². The second kappa shape index (κ2) is 2.31. The summed E-state index contributed by atoms with van der Waals surface area (Å²) < 4.78 is 0. The van der Waals surface area contributed by atoms with Crippen LogP contribution < -0.4 is 11.1 Å². The number of nitrogens with one attached hydrogen (secondary N) is 1. The molecule has 1 heterocycles. The van der Waals surface area contributed by atoms with Crippen LogP contribution in [0, 0.1) is 0 Å². The van der Waals surface area contributed by atoms with Crippen molar-refractivity contribution >= 4 is 17.5 Å². The SMILES string of the molecule is Nc1ccc2c(c1)C=CCN2. The standard InChI is InChI=1S/C9H10N2/c10-8-3-4-9-7(6-8)2-1-5-11-9/h1-4,6,11H,5,10H2. The lowest BCUT2D eigenvalue weighted by atomic mass is 10.1. The number of anilines is 2. The van der Waals surface area contributed by atoms with Gasteiger partial charge in [-0.15, -0.1) is 0 Å². The van der Waals surface area contributed by atoms with Crippen LogP contribution in [0.4, 0.5) is 11.4 Å². The van der Waals surface area contributed by atoms with Crippen molar-refractivity contribution in [2.45, 2.75) is 0 Å². The zero-order chi connectivity index (χ0) is 7.68. The Hall–Kier alpha value is -1.44. The molecule has 2 rings (SSSR count). The number of nitrogen functional groups attached to an aromatic ring is 1. The molecular weight excluding hydrogens is 136 g/mol. The summed E-state index contributed by atoms with van der Waals surface area (Å²) in [5, 5.41) is 3.25. The van der Waals surface area contributed by atoms with Crippen LogP contribution in [-0.4, -0.2) is 6.54 Å². The molecule has 0 saturated carbocycles.